The Bertz CT molecular complexity index is 389. The van der Waals surface area contributed by atoms with Crippen LogP contribution in [0.5, 0.6) is 0 Å². The highest BCUT2D eigenvalue weighted by molar-refractivity contribution is 6.62. The summed E-state index contributed by atoms with van der Waals surface area (Å²) in [6.07, 6.45) is 7.54. The van der Waals surface area contributed by atoms with E-state index in [1.54, 1.807) is 12.4 Å². The maximum Gasteiger partial charge on any atom is 0.498 e. The molecule has 1 aromatic heterocycles. The van der Waals surface area contributed by atoms with Crippen molar-refractivity contribution in [2.45, 2.75) is 38.9 Å². The lowest BCUT2D eigenvalue weighted by Crippen LogP contribution is -2.42. The topological polar surface area (TPSA) is 47.1 Å². The number of hydrogen-bond acceptors (Lipinski definition) is 3. The second kappa shape index (κ2) is 3.75. The van der Waals surface area contributed by atoms with Crippen molar-refractivity contribution in [2.75, 3.05) is 0 Å². The van der Waals surface area contributed by atoms with Crippen LogP contribution in [0.2, 0.25) is 0 Å². The number of nitrogens with one attached hydrogen (secondary N) is 1. The van der Waals surface area contributed by atoms with Crippen molar-refractivity contribution in [3.05, 3.63) is 24.5 Å². The molecule has 4 nitrogen and oxygen atoms in total. The molecule has 0 spiro atoms. The van der Waals surface area contributed by atoms with E-state index in [-0.39, 0.29) is 12.7 Å². The predicted octanol–water partition coefficient (Wildman–Crippen LogP) is 1.27. The van der Waals surface area contributed by atoms with Crippen molar-refractivity contribution in [2.24, 2.45) is 0 Å². The molecule has 1 aliphatic heterocycles. The highest BCUT2D eigenvalue weighted by Gasteiger charge is 2.53. The molecule has 1 fully saturated rings. The number of aromatic amines is 1. The Hall–Kier alpha value is -1.07. The molecule has 1 atom stereocenters. The molecule has 1 aromatic rings. The first-order valence-corrected chi connectivity index (χ1v) is 5.47. The minimum Gasteiger partial charge on any atom is -0.399 e. The Morgan fingerprint density at radius 2 is 2.12 bits per heavy atom. The zero-order valence-corrected chi connectivity index (χ0v) is 10.2. The molecule has 0 amide bonds. The molecule has 1 N–H and O–H groups in total. The van der Waals surface area contributed by atoms with Gasteiger partial charge in [0.25, 0.3) is 0 Å². The molecule has 0 aliphatic carbocycles. The molecule has 2 rings (SSSR count). The van der Waals surface area contributed by atoms with E-state index in [9.17, 15) is 0 Å². The maximum atomic E-state index is 5.98. The van der Waals surface area contributed by atoms with E-state index in [0.717, 1.165) is 5.46 Å². The van der Waals surface area contributed by atoms with Gasteiger partial charge >= 0.3 is 7.12 Å². The Kier molecular flexibility index (Phi) is 2.68. The van der Waals surface area contributed by atoms with Gasteiger partial charge in [-0.2, -0.15) is 5.10 Å². The smallest absolute Gasteiger partial charge is 0.399 e. The highest BCUT2D eigenvalue weighted by Crippen LogP contribution is 2.38. The van der Waals surface area contributed by atoms with Crippen LogP contribution in [0.3, 0.4) is 0 Å². The lowest BCUT2D eigenvalue weighted by atomic mass is 9.82. The van der Waals surface area contributed by atoms with Crippen LogP contribution in [0.4, 0.5) is 0 Å². The molecule has 0 aromatic carbocycles. The Labute approximate surface area is 96.2 Å². The first kappa shape index (κ1) is 11.4. The average molecular weight is 220 g/mol. The number of nitrogens with zero attached hydrogens (tertiary/aromatic N) is 1. The second-order valence-electron chi connectivity index (χ2n) is 4.72. The maximum absolute atomic E-state index is 5.98. The van der Waals surface area contributed by atoms with Gasteiger partial charge in [-0.1, -0.05) is 12.2 Å². The Morgan fingerprint density at radius 1 is 1.38 bits per heavy atom. The van der Waals surface area contributed by atoms with Crippen molar-refractivity contribution in [3.63, 3.8) is 0 Å². The zero-order chi connectivity index (χ0) is 11.8. The summed E-state index contributed by atoms with van der Waals surface area (Å²) in [5, 5.41) is 6.67. The van der Waals surface area contributed by atoms with E-state index in [2.05, 4.69) is 10.2 Å². The summed E-state index contributed by atoms with van der Waals surface area (Å²) in [6.45, 7) is 8.09. The molecule has 1 saturated heterocycles. The Balaban J connectivity index is 2.26. The van der Waals surface area contributed by atoms with E-state index >= 15 is 0 Å². The van der Waals surface area contributed by atoms with Crippen molar-refractivity contribution < 1.29 is 9.31 Å². The normalized spacial score (nSPS) is 29.1. The quantitative estimate of drug-likeness (QED) is 0.603. The predicted molar refractivity (Wildman–Crippen MR) is 63.4 cm³/mol. The van der Waals surface area contributed by atoms with E-state index < -0.39 is 5.60 Å². The van der Waals surface area contributed by atoms with Gasteiger partial charge in [0.15, 0.2) is 0 Å². The summed E-state index contributed by atoms with van der Waals surface area (Å²) >= 11 is 0. The fraction of sp³-hybridized carbons (Fsp3) is 0.545. The number of allylic oxidation sites excluding steroid dienone is 1. The summed E-state index contributed by atoms with van der Waals surface area (Å²) in [7, 11) is -0.352. The second-order valence-corrected chi connectivity index (χ2v) is 4.72. The van der Waals surface area contributed by atoms with Crippen LogP contribution >= 0.6 is 0 Å². The summed E-state index contributed by atoms with van der Waals surface area (Å²) in [5.74, 6) is 0. The molecule has 0 saturated carbocycles. The summed E-state index contributed by atoms with van der Waals surface area (Å²) in [5.41, 5.74) is 0.145. The number of aromatic nitrogens is 2. The summed E-state index contributed by atoms with van der Waals surface area (Å²) < 4.78 is 11.9. The third-order valence-corrected chi connectivity index (χ3v) is 3.23. The molecular weight excluding hydrogens is 203 g/mol. The minimum atomic E-state index is -0.413. The van der Waals surface area contributed by atoms with Gasteiger partial charge in [-0.3, -0.25) is 5.10 Å². The third kappa shape index (κ3) is 1.70. The minimum absolute atomic E-state index is 0.352. The van der Waals surface area contributed by atoms with Gasteiger partial charge < -0.3 is 9.31 Å². The molecular formula is C11H17BN2O2. The van der Waals surface area contributed by atoms with Crippen molar-refractivity contribution in [3.8, 4) is 0 Å². The largest absolute Gasteiger partial charge is 0.498 e. The number of rotatable bonds is 2. The van der Waals surface area contributed by atoms with Crippen LogP contribution in [0.1, 0.15) is 27.7 Å². The monoisotopic (exact) mass is 220 g/mol. The average Bonchev–Trinajstić information content (AvgIpc) is 2.74. The van der Waals surface area contributed by atoms with Gasteiger partial charge in [-0.15, -0.1) is 0 Å². The zero-order valence-electron chi connectivity index (χ0n) is 10.2. The molecule has 0 bridgehead atoms. The molecule has 0 radical (unpaired) electrons. The van der Waals surface area contributed by atoms with Gasteiger partial charge in [0.05, 0.1) is 11.2 Å². The van der Waals surface area contributed by atoms with Crippen LogP contribution in [0.15, 0.2) is 24.5 Å². The van der Waals surface area contributed by atoms with Crippen LogP contribution in [0.25, 0.3) is 0 Å². The molecule has 2 heterocycles. The number of H-pyrrole nitrogens is 1. The standard InChI is InChI=1S/C11H17BN2O2/c1-5-6-11(4)10(2,3)15-12(16-11)9-7-13-14-8-9/h5-8H,1-4H3,(H,13,14). The third-order valence-electron chi connectivity index (χ3n) is 3.23. The first-order valence-electron chi connectivity index (χ1n) is 5.47. The van der Waals surface area contributed by atoms with E-state index in [1.807, 2.05) is 39.8 Å². The molecule has 1 aliphatic rings. The highest BCUT2D eigenvalue weighted by atomic mass is 16.7. The van der Waals surface area contributed by atoms with E-state index in [4.69, 9.17) is 9.31 Å². The van der Waals surface area contributed by atoms with Gasteiger partial charge in [0.1, 0.15) is 0 Å². The van der Waals surface area contributed by atoms with Gasteiger partial charge in [0.2, 0.25) is 0 Å². The summed E-state index contributed by atoms with van der Waals surface area (Å²) in [4.78, 5) is 0. The fourth-order valence-electron chi connectivity index (χ4n) is 1.86. The fourth-order valence-corrected chi connectivity index (χ4v) is 1.86. The molecule has 1 unspecified atom stereocenters. The van der Waals surface area contributed by atoms with Crippen LogP contribution < -0.4 is 5.46 Å². The molecule has 86 valence electrons. The van der Waals surface area contributed by atoms with Gasteiger partial charge in [-0.25, -0.2) is 0 Å². The van der Waals surface area contributed by atoms with E-state index in [0.29, 0.717) is 0 Å². The Morgan fingerprint density at radius 3 is 2.69 bits per heavy atom. The lowest BCUT2D eigenvalue weighted by Gasteiger charge is -2.33. The van der Waals surface area contributed by atoms with Crippen molar-refractivity contribution in [1.82, 2.24) is 10.2 Å². The van der Waals surface area contributed by atoms with Crippen LogP contribution in [0, 0.1) is 0 Å². The SMILES string of the molecule is CC=CC1(C)OB(c2cn[nH]c2)OC1(C)C. The van der Waals surface area contributed by atoms with Crippen LogP contribution in [-0.2, 0) is 9.31 Å². The van der Waals surface area contributed by atoms with E-state index in [1.165, 1.54) is 0 Å². The molecule has 16 heavy (non-hydrogen) atoms. The van der Waals surface area contributed by atoms with Crippen molar-refractivity contribution in [1.29, 1.82) is 0 Å². The molecule has 5 heteroatoms. The number of hydrogen-bond donors (Lipinski definition) is 1. The lowest BCUT2D eigenvalue weighted by molar-refractivity contribution is 0.0284. The van der Waals surface area contributed by atoms with Gasteiger partial charge in [-0.05, 0) is 27.7 Å². The van der Waals surface area contributed by atoms with Gasteiger partial charge in [0, 0.05) is 17.9 Å². The van der Waals surface area contributed by atoms with Crippen molar-refractivity contribution >= 4 is 12.6 Å². The summed E-state index contributed by atoms with van der Waals surface area (Å²) in [6, 6.07) is 0. The van der Waals surface area contributed by atoms with Crippen LogP contribution in [-0.4, -0.2) is 28.5 Å². The first-order chi connectivity index (χ1) is 7.48.